The van der Waals surface area contributed by atoms with Crippen LogP contribution in [0.1, 0.15) is 71.1 Å². The molecule has 0 aliphatic heterocycles. The van der Waals surface area contributed by atoms with Crippen LogP contribution in [0, 0.1) is 23.2 Å². The van der Waals surface area contributed by atoms with Crippen molar-refractivity contribution in [2.45, 2.75) is 77.2 Å². The fourth-order valence-electron chi connectivity index (χ4n) is 5.76. The van der Waals surface area contributed by atoms with Crippen LogP contribution in [0.5, 0.6) is 0 Å². The molecular formula is C16H30N2. The maximum atomic E-state index is 5.79. The molecule has 4 bridgehead atoms. The number of nitrogens with two attached hydrogens (primary N) is 1. The van der Waals surface area contributed by atoms with Crippen LogP contribution in [0.15, 0.2) is 0 Å². The number of unbranched alkanes of at least 4 members (excludes halogenated alkanes) is 1. The van der Waals surface area contributed by atoms with Crippen LogP contribution < -0.4 is 11.3 Å². The molecule has 104 valence electrons. The van der Waals surface area contributed by atoms with Crippen molar-refractivity contribution in [1.29, 1.82) is 0 Å². The molecule has 4 fully saturated rings. The highest BCUT2D eigenvalue weighted by atomic mass is 15.2. The van der Waals surface area contributed by atoms with Gasteiger partial charge in [-0.25, -0.2) is 0 Å². The first-order valence-electron chi connectivity index (χ1n) is 8.19. The summed E-state index contributed by atoms with van der Waals surface area (Å²) in [5.41, 5.74) is 3.79. The Hall–Kier alpha value is -0.0800. The van der Waals surface area contributed by atoms with Crippen molar-refractivity contribution in [3.05, 3.63) is 0 Å². The predicted molar refractivity (Wildman–Crippen MR) is 75.9 cm³/mol. The zero-order valence-electron chi connectivity index (χ0n) is 12.0. The quantitative estimate of drug-likeness (QED) is 0.558. The molecule has 1 unspecified atom stereocenters. The van der Waals surface area contributed by atoms with Gasteiger partial charge in [0.05, 0.1) is 0 Å². The standard InChI is InChI=1S/C16H30N2/c1-2-3-4-15(18-17)11-16-8-12-5-13(9-16)7-14(6-12)10-16/h12-15,18H,2-11,17H2,1H3. The average molecular weight is 250 g/mol. The summed E-state index contributed by atoms with van der Waals surface area (Å²) in [7, 11) is 0. The monoisotopic (exact) mass is 250 g/mol. The van der Waals surface area contributed by atoms with Gasteiger partial charge in [0.25, 0.3) is 0 Å². The molecule has 0 saturated heterocycles. The molecule has 1 atom stereocenters. The van der Waals surface area contributed by atoms with Gasteiger partial charge in [0.1, 0.15) is 0 Å². The van der Waals surface area contributed by atoms with Crippen LogP contribution in [-0.4, -0.2) is 6.04 Å². The van der Waals surface area contributed by atoms with Gasteiger partial charge in [-0.2, -0.15) is 0 Å². The van der Waals surface area contributed by atoms with Crippen molar-refractivity contribution in [1.82, 2.24) is 5.43 Å². The van der Waals surface area contributed by atoms with E-state index in [1.165, 1.54) is 44.9 Å². The summed E-state index contributed by atoms with van der Waals surface area (Å²) >= 11 is 0. The molecule has 0 radical (unpaired) electrons. The van der Waals surface area contributed by atoms with Crippen LogP contribution in [0.2, 0.25) is 0 Å². The molecule has 0 spiro atoms. The second-order valence-electron chi connectivity index (χ2n) is 7.63. The van der Waals surface area contributed by atoms with Gasteiger partial charge in [-0.1, -0.05) is 19.8 Å². The highest BCUT2D eigenvalue weighted by Crippen LogP contribution is 2.61. The second kappa shape index (κ2) is 5.13. The molecule has 4 aliphatic rings. The summed E-state index contributed by atoms with van der Waals surface area (Å²) in [6, 6.07) is 0.571. The molecule has 0 aromatic rings. The Morgan fingerprint density at radius 2 is 1.67 bits per heavy atom. The van der Waals surface area contributed by atoms with E-state index in [9.17, 15) is 0 Å². The Morgan fingerprint density at radius 1 is 1.11 bits per heavy atom. The normalized spacial score (nSPS) is 43.3. The van der Waals surface area contributed by atoms with Crippen molar-refractivity contribution >= 4 is 0 Å². The minimum atomic E-state index is 0.571. The maximum Gasteiger partial charge on any atom is 0.0215 e. The first-order valence-corrected chi connectivity index (χ1v) is 8.19. The Bertz CT molecular complexity index is 252. The third kappa shape index (κ3) is 2.46. The third-order valence-electron chi connectivity index (χ3n) is 5.99. The van der Waals surface area contributed by atoms with Crippen LogP contribution in [0.3, 0.4) is 0 Å². The molecule has 2 nitrogen and oxygen atoms in total. The first kappa shape index (κ1) is 12.9. The van der Waals surface area contributed by atoms with Gasteiger partial charge < -0.3 is 0 Å². The summed E-state index contributed by atoms with van der Waals surface area (Å²) in [5, 5.41) is 0. The second-order valence-corrected chi connectivity index (χ2v) is 7.63. The van der Waals surface area contributed by atoms with Gasteiger partial charge in [-0.05, 0) is 74.5 Å². The van der Waals surface area contributed by atoms with Gasteiger partial charge in [0, 0.05) is 6.04 Å². The number of hydrazine groups is 1. The lowest BCUT2D eigenvalue weighted by Gasteiger charge is -2.57. The first-order chi connectivity index (χ1) is 8.73. The molecule has 3 N–H and O–H groups in total. The van der Waals surface area contributed by atoms with E-state index < -0.39 is 0 Å². The molecule has 0 aromatic heterocycles. The van der Waals surface area contributed by atoms with E-state index in [4.69, 9.17) is 5.84 Å². The fourth-order valence-corrected chi connectivity index (χ4v) is 5.76. The van der Waals surface area contributed by atoms with Crippen molar-refractivity contribution in [2.24, 2.45) is 29.0 Å². The lowest BCUT2D eigenvalue weighted by molar-refractivity contribution is -0.0624. The van der Waals surface area contributed by atoms with E-state index >= 15 is 0 Å². The smallest absolute Gasteiger partial charge is 0.0215 e. The maximum absolute atomic E-state index is 5.79. The summed E-state index contributed by atoms with van der Waals surface area (Å²) in [4.78, 5) is 0. The lowest BCUT2D eigenvalue weighted by atomic mass is 9.48. The Balaban J connectivity index is 1.64. The summed E-state index contributed by atoms with van der Waals surface area (Å²) in [6.07, 6.45) is 14.4. The number of nitrogens with one attached hydrogen (secondary N) is 1. The SMILES string of the molecule is CCCCC(CC12CC3CC(CC(C3)C1)C2)NN. The largest absolute Gasteiger partial charge is 0.271 e. The van der Waals surface area contributed by atoms with E-state index in [1.54, 1.807) is 19.3 Å². The molecular weight excluding hydrogens is 220 g/mol. The zero-order chi connectivity index (χ0) is 12.6. The summed E-state index contributed by atoms with van der Waals surface area (Å²) in [6.45, 7) is 2.28. The zero-order valence-corrected chi connectivity index (χ0v) is 12.0. The van der Waals surface area contributed by atoms with E-state index in [1.807, 2.05) is 0 Å². The Kier molecular flexibility index (Phi) is 3.68. The average Bonchev–Trinajstić information content (AvgIpc) is 2.32. The number of hydrogen-bond acceptors (Lipinski definition) is 2. The minimum Gasteiger partial charge on any atom is -0.271 e. The molecule has 4 aliphatic carbocycles. The molecule has 18 heavy (non-hydrogen) atoms. The molecule has 2 heteroatoms. The minimum absolute atomic E-state index is 0.571. The van der Waals surface area contributed by atoms with Crippen LogP contribution in [0.25, 0.3) is 0 Å². The van der Waals surface area contributed by atoms with E-state index in [0.717, 1.165) is 17.8 Å². The van der Waals surface area contributed by atoms with Crippen LogP contribution in [-0.2, 0) is 0 Å². The van der Waals surface area contributed by atoms with Crippen molar-refractivity contribution in [3.63, 3.8) is 0 Å². The molecule has 4 saturated carbocycles. The van der Waals surface area contributed by atoms with Crippen molar-refractivity contribution < 1.29 is 0 Å². The third-order valence-corrected chi connectivity index (χ3v) is 5.99. The van der Waals surface area contributed by atoms with Gasteiger partial charge in [-0.3, -0.25) is 11.3 Å². The predicted octanol–water partition coefficient (Wildman–Crippen LogP) is 3.62. The van der Waals surface area contributed by atoms with Crippen molar-refractivity contribution in [2.75, 3.05) is 0 Å². The van der Waals surface area contributed by atoms with E-state index in [-0.39, 0.29) is 0 Å². The lowest BCUT2D eigenvalue weighted by Crippen LogP contribution is -2.49. The number of hydrogen-bond donors (Lipinski definition) is 2. The van der Waals surface area contributed by atoms with Gasteiger partial charge in [0.15, 0.2) is 0 Å². The summed E-state index contributed by atoms with van der Waals surface area (Å²) in [5.74, 6) is 9.00. The van der Waals surface area contributed by atoms with Gasteiger partial charge >= 0.3 is 0 Å². The Morgan fingerprint density at radius 3 is 2.11 bits per heavy atom. The highest BCUT2D eigenvalue weighted by Gasteiger charge is 2.51. The topological polar surface area (TPSA) is 38.0 Å². The highest BCUT2D eigenvalue weighted by molar-refractivity contribution is 5.02. The molecule has 0 heterocycles. The Labute approximate surface area is 112 Å². The van der Waals surface area contributed by atoms with Gasteiger partial charge in [0.2, 0.25) is 0 Å². The molecule has 0 aromatic carbocycles. The molecule has 4 rings (SSSR count). The summed E-state index contributed by atoms with van der Waals surface area (Å²) < 4.78 is 0. The van der Waals surface area contributed by atoms with E-state index in [0.29, 0.717) is 11.5 Å². The molecule has 0 amide bonds. The van der Waals surface area contributed by atoms with E-state index in [2.05, 4.69) is 12.3 Å². The van der Waals surface area contributed by atoms with Gasteiger partial charge in [-0.15, -0.1) is 0 Å². The van der Waals surface area contributed by atoms with Crippen molar-refractivity contribution in [3.8, 4) is 0 Å². The number of rotatable bonds is 6. The fraction of sp³-hybridized carbons (Fsp3) is 1.00. The van der Waals surface area contributed by atoms with Crippen LogP contribution >= 0.6 is 0 Å². The van der Waals surface area contributed by atoms with Crippen LogP contribution in [0.4, 0.5) is 0 Å².